The zero-order valence-electron chi connectivity index (χ0n) is 15.4. The first-order chi connectivity index (χ1) is 12.6. The number of carbonyl (C=O) groups is 1. The maximum Gasteiger partial charge on any atom is 0.230 e. The summed E-state index contributed by atoms with van der Waals surface area (Å²) in [6.07, 6.45) is 8.70. The highest BCUT2D eigenvalue weighted by Gasteiger charge is 2.22. The standard InChI is InChI=1S/C20H26N4OS/c1-14-7-3-5-9-16(14)11-12-18-22-20(24-23-18)26-13-19(25)21-17-10-6-4-8-15(17)2/h3,5,7,9,11-12,15,17H,4,6,8,10,13H2,1-2H3,(H,21,25)(H,22,23,24)/b12-11+/t15-,17-/m1/s1. The number of hydrogen-bond donors (Lipinski definition) is 2. The van der Waals surface area contributed by atoms with E-state index in [9.17, 15) is 4.79 Å². The lowest BCUT2D eigenvalue weighted by molar-refractivity contribution is -0.119. The van der Waals surface area contributed by atoms with E-state index < -0.39 is 0 Å². The molecule has 0 saturated heterocycles. The van der Waals surface area contributed by atoms with Crippen LogP contribution < -0.4 is 5.32 Å². The average Bonchev–Trinajstić information content (AvgIpc) is 3.09. The average molecular weight is 371 g/mol. The van der Waals surface area contributed by atoms with Gasteiger partial charge in [-0.05, 0) is 42.9 Å². The number of nitrogens with zero attached hydrogens (tertiary/aromatic N) is 2. The van der Waals surface area contributed by atoms with Crippen molar-refractivity contribution in [3.05, 3.63) is 41.2 Å². The molecule has 2 aromatic rings. The lowest BCUT2D eigenvalue weighted by Crippen LogP contribution is -2.41. The summed E-state index contributed by atoms with van der Waals surface area (Å²) in [5.74, 6) is 1.68. The van der Waals surface area contributed by atoms with Crippen LogP contribution in [0.1, 0.15) is 49.6 Å². The van der Waals surface area contributed by atoms with E-state index in [0.717, 1.165) is 12.0 Å². The Morgan fingerprint density at radius 3 is 2.92 bits per heavy atom. The Hall–Kier alpha value is -2.08. The fourth-order valence-electron chi connectivity index (χ4n) is 3.25. The molecule has 0 aliphatic heterocycles. The minimum Gasteiger partial charge on any atom is -0.352 e. The molecule has 138 valence electrons. The summed E-state index contributed by atoms with van der Waals surface area (Å²) in [6.45, 7) is 4.30. The Kier molecular flexibility index (Phi) is 6.50. The van der Waals surface area contributed by atoms with Crippen molar-refractivity contribution in [3.63, 3.8) is 0 Å². The van der Waals surface area contributed by atoms with Crippen LogP contribution >= 0.6 is 11.8 Å². The molecule has 3 rings (SSSR count). The molecule has 1 aliphatic carbocycles. The molecule has 1 saturated carbocycles. The quantitative estimate of drug-likeness (QED) is 0.752. The molecular weight excluding hydrogens is 344 g/mol. The van der Waals surface area contributed by atoms with Crippen LogP contribution in [0.2, 0.25) is 0 Å². The highest BCUT2D eigenvalue weighted by atomic mass is 32.2. The first kappa shape index (κ1) is 18.7. The van der Waals surface area contributed by atoms with Gasteiger partial charge in [0.25, 0.3) is 0 Å². The van der Waals surface area contributed by atoms with Crippen molar-refractivity contribution in [1.82, 2.24) is 20.5 Å². The second kappa shape index (κ2) is 9.03. The minimum absolute atomic E-state index is 0.0653. The lowest BCUT2D eigenvalue weighted by atomic mass is 9.86. The van der Waals surface area contributed by atoms with Gasteiger partial charge in [-0.15, -0.1) is 5.10 Å². The Morgan fingerprint density at radius 1 is 1.31 bits per heavy atom. The second-order valence-corrected chi connectivity index (χ2v) is 7.86. The van der Waals surface area contributed by atoms with Gasteiger partial charge >= 0.3 is 0 Å². The summed E-state index contributed by atoms with van der Waals surface area (Å²) < 4.78 is 0. The third-order valence-corrected chi connectivity index (χ3v) is 5.73. The van der Waals surface area contributed by atoms with E-state index in [1.807, 2.05) is 24.3 Å². The van der Waals surface area contributed by atoms with Gasteiger partial charge in [-0.2, -0.15) is 0 Å². The zero-order valence-corrected chi connectivity index (χ0v) is 16.2. The van der Waals surface area contributed by atoms with Crippen LogP contribution in [-0.2, 0) is 4.79 Å². The molecule has 1 amide bonds. The molecule has 2 N–H and O–H groups in total. The number of benzene rings is 1. The zero-order chi connectivity index (χ0) is 18.4. The van der Waals surface area contributed by atoms with E-state index in [1.54, 1.807) is 0 Å². The molecule has 2 atom stereocenters. The number of thioether (sulfide) groups is 1. The highest BCUT2D eigenvalue weighted by Crippen LogP contribution is 2.24. The van der Waals surface area contributed by atoms with Gasteiger partial charge in [-0.25, -0.2) is 4.98 Å². The molecule has 5 nitrogen and oxygen atoms in total. The smallest absolute Gasteiger partial charge is 0.230 e. The molecule has 0 bridgehead atoms. The van der Waals surface area contributed by atoms with Crippen LogP contribution in [-0.4, -0.2) is 32.9 Å². The van der Waals surface area contributed by atoms with Crippen molar-refractivity contribution < 1.29 is 4.79 Å². The van der Waals surface area contributed by atoms with Crippen molar-refractivity contribution >= 4 is 29.8 Å². The molecule has 0 spiro atoms. The van der Waals surface area contributed by atoms with Crippen molar-refractivity contribution in [1.29, 1.82) is 0 Å². The van der Waals surface area contributed by atoms with Crippen LogP contribution in [0.25, 0.3) is 12.2 Å². The summed E-state index contributed by atoms with van der Waals surface area (Å²) in [7, 11) is 0. The monoisotopic (exact) mass is 370 g/mol. The number of rotatable bonds is 6. The molecule has 0 unspecified atom stereocenters. The van der Waals surface area contributed by atoms with Crippen molar-refractivity contribution in [3.8, 4) is 0 Å². The van der Waals surface area contributed by atoms with Crippen molar-refractivity contribution in [2.45, 2.75) is 50.7 Å². The number of aryl methyl sites for hydroxylation is 1. The van der Waals surface area contributed by atoms with Gasteiger partial charge in [-0.1, -0.05) is 61.9 Å². The molecule has 1 aromatic heterocycles. The van der Waals surface area contributed by atoms with E-state index in [4.69, 9.17) is 0 Å². The van der Waals surface area contributed by atoms with E-state index in [1.165, 1.54) is 36.6 Å². The molecule has 1 heterocycles. The molecule has 1 aromatic carbocycles. The van der Waals surface area contributed by atoms with Gasteiger partial charge in [-0.3, -0.25) is 9.89 Å². The topological polar surface area (TPSA) is 70.7 Å². The first-order valence-electron chi connectivity index (χ1n) is 9.20. The van der Waals surface area contributed by atoms with Crippen molar-refractivity contribution in [2.75, 3.05) is 5.75 Å². The van der Waals surface area contributed by atoms with E-state index in [-0.39, 0.29) is 5.91 Å². The van der Waals surface area contributed by atoms with Crippen molar-refractivity contribution in [2.24, 2.45) is 5.92 Å². The second-order valence-electron chi connectivity index (χ2n) is 6.92. The SMILES string of the molecule is Cc1ccccc1/C=C/c1nc(SCC(=O)N[C@@H]2CCCC[C@H]2C)n[nH]1. The molecule has 1 aliphatic rings. The Bertz CT molecular complexity index is 771. The maximum atomic E-state index is 12.2. The fourth-order valence-corrected chi connectivity index (χ4v) is 3.87. The molecule has 6 heteroatoms. The van der Waals surface area contributed by atoms with Gasteiger partial charge in [0, 0.05) is 6.04 Å². The summed E-state index contributed by atoms with van der Waals surface area (Å²) in [6, 6.07) is 8.49. The van der Waals surface area contributed by atoms with Crippen LogP contribution in [0.4, 0.5) is 0 Å². The summed E-state index contributed by atoms with van der Waals surface area (Å²) >= 11 is 1.36. The highest BCUT2D eigenvalue weighted by molar-refractivity contribution is 7.99. The van der Waals surface area contributed by atoms with Crippen LogP contribution in [0, 0.1) is 12.8 Å². The first-order valence-corrected chi connectivity index (χ1v) is 10.2. The Labute approximate surface area is 159 Å². The number of nitrogens with one attached hydrogen (secondary N) is 2. The van der Waals surface area contributed by atoms with Crippen LogP contribution in [0.15, 0.2) is 29.4 Å². The van der Waals surface area contributed by atoms with E-state index in [0.29, 0.717) is 28.7 Å². The summed E-state index contributed by atoms with van der Waals surface area (Å²) in [5.41, 5.74) is 2.37. The number of amides is 1. The van der Waals surface area contributed by atoms with Crippen LogP contribution in [0.3, 0.4) is 0 Å². The van der Waals surface area contributed by atoms with Gasteiger partial charge in [0.1, 0.15) is 5.82 Å². The minimum atomic E-state index is 0.0653. The van der Waals surface area contributed by atoms with E-state index in [2.05, 4.69) is 46.5 Å². The third kappa shape index (κ3) is 5.21. The largest absolute Gasteiger partial charge is 0.352 e. The summed E-state index contributed by atoms with van der Waals surface area (Å²) in [4.78, 5) is 16.6. The number of H-pyrrole nitrogens is 1. The lowest BCUT2D eigenvalue weighted by Gasteiger charge is -2.29. The maximum absolute atomic E-state index is 12.2. The fraction of sp³-hybridized carbons (Fsp3) is 0.450. The van der Waals surface area contributed by atoms with Gasteiger partial charge in [0.05, 0.1) is 5.75 Å². The molecular formula is C20H26N4OS. The van der Waals surface area contributed by atoms with Crippen LogP contribution in [0.5, 0.6) is 0 Å². The number of hydrogen-bond acceptors (Lipinski definition) is 4. The predicted octanol–water partition coefficient (Wildman–Crippen LogP) is 4.07. The summed E-state index contributed by atoms with van der Waals surface area (Å²) in [5, 5.41) is 10.8. The van der Waals surface area contributed by atoms with Gasteiger partial charge in [0.2, 0.25) is 11.1 Å². The molecule has 0 radical (unpaired) electrons. The van der Waals surface area contributed by atoms with Gasteiger partial charge in [0.15, 0.2) is 0 Å². The number of aromatic amines is 1. The Morgan fingerprint density at radius 2 is 2.12 bits per heavy atom. The van der Waals surface area contributed by atoms with Gasteiger partial charge < -0.3 is 5.32 Å². The third-order valence-electron chi connectivity index (χ3n) is 4.88. The Balaban J connectivity index is 1.49. The molecule has 26 heavy (non-hydrogen) atoms. The normalized spacial score (nSPS) is 20.4. The van der Waals surface area contributed by atoms with E-state index >= 15 is 0 Å². The number of carbonyl (C=O) groups excluding carboxylic acids is 1. The molecule has 1 fully saturated rings. The predicted molar refractivity (Wildman–Crippen MR) is 107 cm³/mol. The number of aromatic nitrogens is 3.